The zero-order valence-electron chi connectivity index (χ0n) is 28.1. The van der Waals surface area contributed by atoms with Gasteiger partial charge in [-0.05, 0) is 49.2 Å². The van der Waals surface area contributed by atoms with E-state index in [1.54, 1.807) is 31.5 Å². The number of anilines is 1. The van der Waals surface area contributed by atoms with Crippen LogP contribution in [0.25, 0.3) is 22.2 Å². The molecule has 0 unspecified atom stereocenters. The summed E-state index contributed by atoms with van der Waals surface area (Å²) in [6, 6.07) is 17.1. The summed E-state index contributed by atoms with van der Waals surface area (Å²) >= 11 is 13.4. The van der Waals surface area contributed by atoms with Crippen LogP contribution in [0.5, 0.6) is 17.2 Å². The number of nitrogens with zero attached hydrogens (tertiary/aromatic N) is 5. The lowest BCUT2D eigenvalue weighted by atomic mass is 9.97. The second kappa shape index (κ2) is 14.6. The SMILES string of the molecule is COc1ccc(CN2CCN(Cc3ccc(NC(=O)c4ccc(-c5c(Cl)c(OC)cc(OC)c5Cl)c5nccnc45)nc3)C(C)(C)C2)cc1. The van der Waals surface area contributed by atoms with Crippen LogP contribution in [0.2, 0.25) is 10.0 Å². The Kier molecular flexibility index (Phi) is 10.2. The highest BCUT2D eigenvalue weighted by Gasteiger charge is 2.33. The Morgan fingerprint density at radius 1 is 0.816 bits per heavy atom. The summed E-state index contributed by atoms with van der Waals surface area (Å²) < 4.78 is 16.2. The number of ether oxygens (including phenoxy) is 3. The van der Waals surface area contributed by atoms with E-state index in [9.17, 15) is 4.79 Å². The van der Waals surface area contributed by atoms with Crippen LogP contribution in [0.15, 0.2) is 73.2 Å². The van der Waals surface area contributed by atoms with Crippen LogP contribution in [-0.2, 0) is 13.1 Å². The highest BCUT2D eigenvalue weighted by atomic mass is 35.5. The summed E-state index contributed by atoms with van der Waals surface area (Å²) in [4.78, 5) is 32.1. The first-order valence-corrected chi connectivity index (χ1v) is 16.6. The number of hydrogen-bond donors (Lipinski definition) is 1. The number of halogens is 2. The number of fused-ring (bicyclic) bond motifs is 1. The molecule has 49 heavy (non-hydrogen) atoms. The molecule has 1 aliphatic heterocycles. The smallest absolute Gasteiger partial charge is 0.259 e. The summed E-state index contributed by atoms with van der Waals surface area (Å²) in [6.07, 6.45) is 4.90. The number of aromatic nitrogens is 3. The maximum Gasteiger partial charge on any atom is 0.259 e. The van der Waals surface area contributed by atoms with Crippen molar-refractivity contribution in [3.63, 3.8) is 0 Å². The van der Waals surface area contributed by atoms with Crippen molar-refractivity contribution in [3.05, 3.63) is 99.9 Å². The first-order chi connectivity index (χ1) is 23.6. The first-order valence-electron chi connectivity index (χ1n) is 15.8. The monoisotopic (exact) mass is 700 g/mol. The lowest BCUT2D eigenvalue weighted by molar-refractivity contribution is 0.0102. The molecule has 254 valence electrons. The van der Waals surface area contributed by atoms with Crippen molar-refractivity contribution in [2.24, 2.45) is 0 Å². The molecule has 1 fully saturated rings. The average molecular weight is 702 g/mol. The Hall–Kier alpha value is -4.48. The number of benzene rings is 3. The Bertz CT molecular complexity index is 1940. The zero-order chi connectivity index (χ0) is 34.7. The molecular formula is C37H38Cl2N6O4. The number of nitrogens with one attached hydrogen (secondary N) is 1. The minimum atomic E-state index is -0.369. The van der Waals surface area contributed by atoms with Crippen molar-refractivity contribution in [1.29, 1.82) is 0 Å². The lowest BCUT2D eigenvalue weighted by Crippen LogP contribution is -2.58. The second-order valence-corrected chi connectivity index (χ2v) is 13.3. The van der Waals surface area contributed by atoms with Crippen LogP contribution in [0, 0.1) is 0 Å². The van der Waals surface area contributed by atoms with Crippen LogP contribution in [0.1, 0.15) is 35.3 Å². The molecule has 0 bridgehead atoms. The number of methoxy groups -OCH3 is 3. The minimum absolute atomic E-state index is 0.0314. The fourth-order valence-electron chi connectivity index (χ4n) is 6.27. The molecule has 3 aromatic carbocycles. The third kappa shape index (κ3) is 7.28. The largest absolute Gasteiger partial charge is 0.497 e. The van der Waals surface area contributed by atoms with E-state index in [0.29, 0.717) is 55.1 Å². The number of amides is 1. The van der Waals surface area contributed by atoms with Crippen molar-refractivity contribution in [2.75, 3.05) is 46.3 Å². The maximum atomic E-state index is 13.6. The molecule has 1 N–H and O–H groups in total. The molecule has 1 amide bonds. The number of hydrogen-bond acceptors (Lipinski definition) is 9. The Labute approximate surface area is 295 Å². The van der Waals surface area contributed by atoms with Gasteiger partial charge in [0.15, 0.2) is 0 Å². The van der Waals surface area contributed by atoms with Gasteiger partial charge in [0.05, 0.1) is 42.5 Å². The van der Waals surface area contributed by atoms with Gasteiger partial charge >= 0.3 is 0 Å². The van der Waals surface area contributed by atoms with Crippen LogP contribution in [0.3, 0.4) is 0 Å². The van der Waals surface area contributed by atoms with Crippen LogP contribution < -0.4 is 19.5 Å². The van der Waals surface area contributed by atoms with E-state index in [0.717, 1.165) is 44.0 Å². The third-order valence-electron chi connectivity index (χ3n) is 8.87. The van der Waals surface area contributed by atoms with E-state index in [-0.39, 0.29) is 11.4 Å². The standard InChI is InChI=1S/C37H38Cl2N6O4/c1-37(2)22-44(20-23-6-9-25(47-3)10-7-23)16-17-45(37)21-24-8-13-30(42-19-24)43-36(46)27-12-11-26(34-35(27)41-15-14-40-34)31-32(38)28(48-4)18-29(49-5)33(31)39/h6-15,18-19H,16-17,20-22H2,1-5H3,(H,42,43,46). The van der Waals surface area contributed by atoms with Crippen molar-refractivity contribution in [2.45, 2.75) is 32.5 Å². The molecule has 10 nitrogen and oxygen atoms in total. The van der Waals surface area contributed by atoms with Crippen LogP contribution in [0.4, 0.5) is 5.82 Å². The van der Waals surface area contributed by atoms with Gasteiger partial charge in [-0.2, -0.15) is 0 Å². The molecule has 1 aliphatic rings. The molecular weight excluding hydrogens is 663 g/mol. The Balaban J connectivity index is 1.15. The zero-order valence-corrected chi connectivity index (χ0v) is 29.6. The van der Waals surface area contributed by atoms with E-state index < -0.39 is 0 Å². The highest BCUT2D eigenvalue weighted by Crippen LogP contribution is 2.47. The first kappa shape index (κ1) is 34.4. The van der Waals surface area contributed by atoms with E-state index >= 15 is 0 Å². The van der Waals surface area contributed by atoms with Gasteiger partial charge in [-0.1, -0.05) is 47.5 Å². The Morgan fingerprint density at radius 2 is 1.49 bits per heavy atom. The molecule has 0 aliphatic carbocycles. The van der Waals surface area contributed by atoms with Gasteiger partial charge in [-0.25, -0.2) is 4.98 Å². The number of carbonyl (C=O) groups is 1. The van der Waals surface area contributed by atoms with E-state index in [1.807, 2.05) is 30.5 Å². The normalized spacial score (nSPS) is 14.8. The summed E-state index contributed by atoms with van der Waals surface area (Å²) in [5.74, 6) is 1.71. The molecule has 2 aromatic heterocycles. The van der Waals surface area contributed by atoms with Crippen molar-refractivity contribution < 1.29 is 19.0 Å². The molecule has 12 heteroatoms. The lowest BCUT2D eigenvalue weighted by Gasteiger charge is -2.47. The van der Waals surface area contributed by atoms with Gasteiger partial charge in [-0.3, -0.25) is 24.6 Å². The molecule has 0 saturated carbocycles. The second-order valence-electron chi connectivity index (χ2n) is 12.5. The van der Waals surface area contributed by atoms with Crippen LogP contribution >= 0.6 is 23.2 Å². The summed E-state index contributed by atoms with van der Waals surface area (Å²) in [5.41, 5.74) is 4.52. The molecule has 5 aromatic rings. The van der Waals surface area contributed by atoms with Crippen molar-refractivity contribution in [1.82, 2.24) is 24.8 Å². The third-order valence-corrected chi connectivity index (χ3v) is 9.62. The van der Waals surface area contributed by atoms with E-state index in [4.69, 9.17) is 37.4 Å². The predicted octanol–water partition coefficient (Wildman–Crippen LogP) is 7.37. The molecule has 6 rings (SSSR count). The number of pyridine rings is 1. The summed E-state index contributed by atoms with van der Waals surface area (Å²) in [6.45, 7) is 9.06. The van der Waals surface area contributed by atoms with Gasteiger partial charge in [0.1, 0.15) is 28.6 Å². The number of carbonyl (C=O) groups excluding carboxylic acids is 1. The molecule has 1 saturated heterocycles. The van der Waals surface area contributed by atoms with E-state index in [2.05, 4.69) is 56.0 Å². The molecule has 0 spiro atoms. The molecule has 0 radical (unpaired) electrons. The topological polar surface area (TPSA) is 102 Å². The quantitative estimate of drug-likeness (QED) is 0.160. The number of piperazine rings is 1. The predicted molar refractivity (Wildman–Crippen MR) is 193 cm³/mol. The van der Waals surface area contributed by atoms with Crippen LogP contribution in [-0.4, -0.2) is 77.2 Å². The fraction of sp³-hybridized carbons (Fsp3) is 0.297. The van der Waals surface area contributed by atoms with Gasteiger partial charge < -0.3 is 19.5 Å². The highest BCUT2D eigenvalue weighted by molar-refractivity contribution is 6.41. The summed E-state index contributed by atoms with van der Waals surface area (Å²) in [5, 5.41) is 3.50. The Morgan fingerprint density at radius 3 is 2.10 bits per heavy atom. The fourth-order valence-corrected chi connectivity index (χ4v) is 6.97. The van der Waals surface area contributed by atoms with Gasteiger partial charge in [0.25, 0.3) is 5.91 Å². The van der Waals surface area contributed by atoms with E-state index in [1.165, 1.54) is 26.0 Å². The average Bonchev–Trinajstić information content (AvgIpc) is 3.10. The maximum absolute atomic E-state index is 13.6. The van der Waals surface area contributed by atoms with Gasteiger partial charge in [0.2, 0.25) is 0 Å². The van der Waals surface area contributed by atoms with Crippen molar-refractivity contribution in [3.8, 4) is 28.4 Å². The summed E-state index contributed by atoms with van der Waals surface area (Å²) in [7, 11) is 4.71. The minimum Gasteiger partial charge on any atom is -0.497 e. The number of rotatable bonds is 10. The molecule has 3 heterocycles. The van der Waals surface area contributed by atoms with Gasteiger partial charge in [-0.15, -0.1) is 0 Å². The van der Waals surface area contributed by atoms with Gasteiger partial charge in [0, 0.05) is 74.0 Å². The van der Waals surface area contributed by atoms with Crippen molar-refractivity contribution >= 4 is 46.0 Å². The molecule has 0 atom stereocenters.